The highest BCUT2D eigenvalue weighted by atomic mass is 16.5. The smallest absolute Gasteiger partial charge is 0.164 e. The number of carbonyl (C=O) groups is 1. The van der Waals surface area contributed by atoms with Crippen LogP contribution < -0.4 is 24.8 Å². The summed E-state index contributed by atoms with van der Waals surface area (Å²) in [5.74, 6) is 1.99. The molecule has 1 heterocycles. The van der Waals surface area contributed by atoms with Crippen LogP contribution in [-0.4, -0.2) is 27.1 Å². The maximum atomic E-state index is 14.0. The number of methoxy groups -OCH3 is 3. The Hall–Kier alpha value is -3.93. The summed E-state index contributed by atoms with van der Waals surface area (Å²) in [6.07, 6.45) is 1.18. The Bertz CT molecular complexity index is 1390. The van der Waals surface area contributed by atoms with E-state index in [2.05, 4.69) is 55.7 Å². The summed E-state index contributed by atoms with van der Waals surface area (Å²) in [5.41, 5.74) is 6.90. The van der Waals surface area contributed by atoms with Gasteiger partial charge in [-0.15, -0.1) is 0 Å². The first-order chi connectivity index (χ1) is 18.2. The fraction of sp³-hybridized carbons (Fsp3) is 0.344. The molecule has 0 amide bonds. The molecule has 5 rings (SSSR count). The fourth-order valence-electron chi connectivity index (χ4n) is 5.50. The minimum Gasteiger partial charge on any atom is -0.496 e. The molecule has 2 N–H and O–H groups in total. The number of anilines is 2. The second-order valence-electron chi connectivity index (χ2n) is 11.0. The standard InChI is InChI=1S/C32H36N2O4/c1-32(2,3)21-13-11-19(12-14-21)20-15-25-30(26(35)16-20)31(34-24-10-8-7-9-23(24)33-25)22-17-28(37-5)29(38-6)18-27(22)36-4/h7-14,17-18,20,31,33-34H,15-16H2,1-6H3. The van der Waals surface area contributed by atoms with Crippen molar-refractivity contribution in [1.82, 2.24) is 0 Å². The molecule has 0 saturated carbocycles. The normalized spacial score (nSPS) is 18.9. The third kappa shape index (κ3) is 4.71. The van der Waals surface area contributed by atoms with Crippen molar-refractivity contribution in [3.63, 3.8) is 0 Å². The molecule has 6 nitrogen and oxygen atoms in total. The first kappa shape index (κ1) is 25.7. The predicted octanol–water partition coefficient (Wildman–Crippen LogP) is 6.99. The number of allylic oxidation sites excluding steroid dienone is 1. The zero-order valence-electron chi connectivity index (χ0n) is 23.0. The highest BCUT2D eigenvalue weighted by molar-refractivity contribution is 6.01. The van der Waals surface area contributed by atoms with Crippen LogP contribution in [0.3, 0.4) is 0 Å². The molecule has 2 aliphatic rings. The molecule has 6 heteroatoms. The van der Waals surface area contributed by atoms with E-state index in [0.29, 0.717) is 23.7 Å². The molecule has 38 heavy (non-hydrogen) atoms. The lowest BCUT2D eigenvalue weighted by atomic mass is 9.77. The highest BCUT2D eigenvalue weighted by Gasteiger charge is 2.37. The molecule has 0 aromatic heterocycles. The lowest BCUT2D eigenvalue weighted by Crippen LogP contribution is -2.27. The lowest BCUT2D eigenvalue weighted by molar-refractivity contribution is -0.116. The molecule has 198 valence electrons. The van der Waals surface area contributed by atoms with Gasteiger partial charge in [0.05, 0.1) is 38.7 Å². The fourth-order valence-corrected chi connectivity index (χ4v) is 5.50. The van der Waals surface area contributed by atoms with Gasteiger partial charge in [-0.2, -0.15) is 0 Å². The number of para-hydroxylation sites is 2. The monoisotopic (exact) mass is 512 g/mol. The van der Waals surface area contributed by atoms with Gasteiger partial charge in [-0.25, -0.2) is 0 Å². The van der Waals surface area contributed by atoms with E-state index in [1.54, 1.807) is 21.3 Å². The summed E-state index contributed by atoms with van der Waals surface area (Å²) in [6, 6.07) is 20.1. The van der Waals surface area contributed by atoms with Crippen molar-refractivity contribution < 1.29 is 19.0 Å². The average molecular weight is 513 g/mol. The molecular formula is C32H36N2O4. The molecule has 3 aromatic carbocycles. The van der Waals surface area contributed by atoms with Crippen LogP contribution in [0.4, 0.5) is 11.4 Å². The number of Topliss-reactive ketones (excluding diaryl/α,β-unsaturated/α-hetero) is 1. The molecule has 2 atom stereocenters. The quantitative estimate of drug-likeness (QED) is 0.384. The number of benzene rings is 3. The molecule has 1 aliphatic carbocycles. The van der Waals surface area contributed by atoms with Gasteiger partial charge in [0.2, 0.25) is 0 Å². The predicted molar refractivity (Wildman–Crippen MR) is 152 cm³/mol. The van der Waals surface area contributed by atoms with Crippen molar-refractivity contribution >= 4 is 17.2 Å². The molecule has 0 radical (unpaired) electrons. The Morgan fingerprint density at radius 1 is 0.789 bits per heavy atom. The van der Waals surface area contributed by atoms with Crippen LogP contribution in [0, 0.1) is 0 Å². The van der Waals surface area contributed by atoms with Gasteiger partial charge in [0, 0.05) is 29.3 Å². The van der Waals surface area contributed by atoms with Crippen LogP contribution in [0.5, 0.6) is 17.2 Å². The molecule has 0 saturated heterocycles. The number of carbonyl (C=O) groups excluding carboxylic acids is 1. The van der Waals surface area contributed by atoms with Crippen molar-refractivity contribution in [1.29, 1.82) is 0 Å². The SMILES string of the molecule is COc1cc(OC)c(C2Nc3ccccc3NC3=C2C(=O)CC(c2ccc(C(C)(C)C)cc2)C3)cc1OC. The van der Waals surface area contributed by atoms with Gasteiger partial charge < -0.3 is 24.8 Å². The Kier molecular flexibility index (Phi) is 6.82. The van der Waals surface area contributed by atoms with Crippen molar-refractivity contribution in [3.05, 3.63) is 88.6 Å². The summed E-state index contributed by atoms with van der Waals surface area (Å²) in [7, 11) is 4.83. The second-order valence-corrected chi connectivity index (χ2v) is 11.0. The van der Waals surface area contributed by atoms with E-state index >= 15 is 0 Å². The van der Waals surface area contributed by atoms with Crippen LogP contribution in [0.25, 0.3) is 0 Å². The van der Waals surface area contributed by atoms with E-state index in [9.17, 15) is 4.79 Å². The maximum Gasteiger partial charge on any atom is 0.164 e. The molecule has 1 aliphatic heterocycles. The van der Waals surface area contributed by atoms with Gasteiger partial charge in [-0.3, -0.25) is 4.79 Å². The summed E-state index contributed by atoms with van der Waals surface area (Å²) in [5, 5.41) is 7.25. The summed E-state index contributed by atoms with van der Waals surface area (Å²) in [4.78, 5) is 14.0. The first-order valence-electron chi connectivity index (χ1n) is 13.0. The van der Waals surface area contributed by atoms with Crippen molar-refractivity contribution in [2.75, 3.05) is 32.0 Å². The molecule has 3 aromatic rings. The van der Waals surface area contributed by atoms with E-state index in [1.165, 1.54) is 11.1 Å². The zero-order chi connectivity index (χ0) is 27.0. The summed E-state index contributed by atoms with van der Waals surface area (Å²) >= 11 is 0. The second kappa shape index (κ2) is 10.1. The Morgan fingerprint density at radius 3 is 2.05 bits per heavy atom. The molecule has 0 fully saturated rings. The van der Waals surface area contributed by atoms with E-state index in [4.69, 9.17) is 14.2 Å². The first-order valence-corrected chi connectivity index (χ1v) is 13.0. The molecule has 0 bridgehead atoms. The van der Waals surface area contributed by atoms with E-state index < -0.39 is 6.04 Å². The topological polar surface area (TPSA) is 68.8 Å². The van der Waals surface area contributed by atoms with Crippen LogP contribution in [0.1, 0.15) is 62.3 Å². The van der Waals surface area contributed by atoms with Gasteiger partial charge in [-0.05, 0) is 47.1 Å². The average Bonchev–Trinajstić information content (AvgIpc) is 3.08. The van der Waals surface area contributed by atoms with Crippen LogP contribution in [0.15, 0.2) is 71.9 Å². The van der Waals surface area contributed by atoms with Crippen molar-refractivity contribution in [2.45, 2.75) is 51.0 Å². The Morgan fingerprint density at radius 2 is 1.42 bits per heavy atom. The van der Waals surface area contributed by atoms with Crippen molar-refractivity contribution in [3.8, 4) is 17.2 Å². The van der Waals surface area contributed by atoms with Gasteiger partial charge in [0.15, 0.2) is 17.3 Å². The van der Waals surface area contributed by atoms with Crippen molar-refractivity contribution in [2.24, 2.45) is 0 Å². The number of ketones is 1. The number of hydrogen-bond acceptors (Lipinski definition) is 6. The molecule has 2 unspecified atom stereocenters. The number of fused-ring (bicyclic) bond motifs is 1. The van der Waals surface area contributed by atoms with E-state index in [-0.39, 0.29) is 17.1 Å². The molecule has 0 spiro atoms. The van der Waals surface area contributed by atoms with E-state index in [0.717, 1.165) is 34.6 Å². The Balaban J connectivity index is 1.61. The minimum atomic E-state index is -0.423. The summed E-state index contributed by atoms with van der Waals surface area (Å²) in [6.45, 7) is 6.64. The van der Waals surface area contributed by atoms with Gasteiger partial charge >= 0.3 is 0 Å². The van der Waals surface area contributed by atoms with Crippen LogP contribution in [-0.2, 0) is 10.2 Å². The van der Waals surface area contributed by atoms with Crippen LogP contribution >= 0.6 is 0 Å². The highest BCUT2D eigenvalue weighted by Crippen LogP contribution is 2.48. The largest absolute Gasteiger partial charge is 0.496 e. The number of hydrogen-bond donors (Lipinski definition) is 2. The third-order valence-electron chi connectivity index (χ3n) is 7.60. The third-order valence-corrected chi connectivity index (χ3v) is 7.60. The lowest BCUT2D eigenvalue weighted by Gasteiger charge is -2.31. The Labute approximate surface area is 225 Å². The zero-order valence-corrected chi connectivity index (χ0v) is 23.0. The summed E-state index contributed by atoms with van der Waals surface area (Å²) < 4.78 is 16.9. The number of nitrogens with one attached hydrogen (secondary N) is 2. The minimum absolute atomic E-state index is 0.0839. The number of ether oxygens (including phenoxy) is 3. The maximum absolute atomic E-state index is 14.0. The van der Waals surface area contributed by atoms with Gasteiger partial charge in [-0.1, -0.05) is 57.2 Å². The van der Waals surface area contributed by atoms with Gasteiger partial charge in [0.25, 0.3) is 0 Å². The number of rotatable bonds is 5. The van der Waals surface area contributed by atoms with Gasteiger partial charge in [0.1, 0.15) is 5.75 Å². The molecular weight excluding hydrogens is 476 g/mol. The van der Waals surface area contributed by atoms with E-state index in [1.807, 2.05) is 36.4 Å². The van der Waals surface area contributed by atoms with Crippen LogP contribution in [0.2, 0.25) is 0 Å².